The number of nitrogens with zero attached hydrogens (tertiary/aromatic N) is 3. The maximum absolute atomic E-state index is 10.2. The van der Waals surface area contributed by atoms with Gasteiger partial charge < -0.3 is 15.3 Å². The molecule has 7 heteroatoms. The van der Waals surface area contributed by atoms with Gasteiger partial charge in [-0.15, -0.1) is 11.5 Å². The summed E-state index contributed by atoms with van der Waals surface area (Å²) in [5, 5.41) is 37.9. The molecule has 0 amide bonds. The normalized spacial score (nSPS) is 27.3. The Kier molecular flexibility index (Phi) is 4.33. The van der Waals surface area contributed by atoms with Crippen molar-refractivity contribution in [3.63, 3.8) is 0 Å². The Morgan fingerprint density at radius 3 is 2.74 bits per heavy atom. The number of aliphatic hydroxyl groups is 3. The first-order valence-corrected chi connectivity index (χ1v) is 7.71. The van der Waals surface area contributed by atoms with Gasteiger partial charge in [0.2, 0.25) is 0 Å². The Bertz CT molecular complexity index is 796. The predicted octanol–water partition coefficient (Wildman–Crippen LogP) is 0.843. The van der Waals surface area contributed by atoms with Crippen molar-refractivity contribution in [3.05, 3.63) is 46.6 Å². The highest BCUT2D eigenvalue weighted by Crippen LogP contribution is 2.31. The summed E-state index contributed by atoms with van der Waals surface area (Å²) in [6, 6.07) is 6.68. The summed E-state index contributed by atoms with van der Waals surface area (Å²) >= 11 is 3.19. The Morgan fingerprint density at radius 1 is 1.22 bits per heavy atom. The van der Waals surface area contributed by atoms with Crippen LogP contribution in [0.25, 0.3) is 11.3 Å². The standard InChI is InChI=1S/C16H14BrN3O3/c1-2-9-4-3-5-10(6-9)12-8-20(19-18-12)13-7-11(17)14(21)16(23)15(13)22/h1,3-8,13-16,21-23H/t13-,14-,15-,16-/m1/s1. The lowest BCUT2D eigenvalue weighted by Crippen LogP contribution is -2.45. The zero-order valence-electron chi connectivity index (χ0n) is 11.9. The molecule has 3 N–H and O–H groups in total. The lowest BCUT2D eigenvalue weighted by atomic mass is 9.94. The summed E-state index contributed by atoms with van der Waals surface area (Å²) in [6.07, 6.45) is 4.98. The zero-order valence-corrected chi connectivity index (χ0v) is 13.5. The third kappa shape index (κ3) is 2.94. The summed E-state index contributed by atoms with van der Waals surface area (Å²) in [7, 11) is 0. The molecule has 6 nitrogen and oxygen atoms in total. The minimum atomic E-state index is -1.31. The van der Waals surface area contributed by atoms with Crippen molar-refractivity contribution in [2.45, 2.75) is 24.4 Å². The highest BCUT2D eigenvalue weighted by Gasteiger charge is 2.38. The van der Waals surface area contributed by atoms with Gasteiger partial charge in [0, 0.05) is 15.6 Å². The number of aliphatic hydroxyl groups excluding tert-OH is 3. The van der Waals surface area contributed by atoms with Crippen LogP contribution in [0, 0.1) is 12.3 Å². The number of halogens is 1. The molecule has 0 aliphatic heterocycles. The van der Waals surface area contributed by atoms with Crippen molar-refractivity contribution in [2.24, 2.45) is 0 Å². The highest BCUT2D eigenvalue weighted by atomic mass is 79.9. The molecule has 1 heterocycles. The molecule has 1 aliphatic rings. The minimum absolute atomic E-state index is 0.395. The van der Waals surface area contributed by atoms with Gasteiger partial charge in [0.1, 0.15) is 30.0 Å². The molecule has 4 atom stereocenters. The molecule has 0 fully saturated rings. The van der Waals surface area contributed by atoms with Gasteiger partial charge in [-0.25, -0.2) is 4.68 Å². The maximum Gasteiger partial charge on any atom is 0.114 e. The first kappa shape index (κ1) is 15.9. The lowest BCUT2D eigenvalue weighted by Gasteiger charge is -2.32. The van der Waals surface area contributed by atoms with Crippen LogP contribution in [0.5, 0.6) is 0 Å². The van der Waals surface area contributed by atoms with Gasteiger partial charge in [0.05, 0.1) is 6.20 Å². The van der Waals surface area contributed by atoms with Crippen LogP contribution in [0.3, 0.4) is 0 Å². The highest BCUT2D eigenvalue weighted by molar-refractivity contribution is 9.11. The van der Waals surface area contributed by atoms with E-state index in [1.54, 1.807) is 12.3 Å². The summed E-state index contributed by atoms with van der Waals surface area (Å²) in [6.45, 7) is 0. The van der Waals surface area contributed by atoms with E-state index in [-0.39, 0.29) is 0 Å². The second-order valence-electron chi connectivity index (χ2n) is 5.28. The van der Waals surface area contributed by atoms with Gasteiger partial charge in [-0.3, -0.25) is 0 Å². The SMILES string of the molecule is C#Cc1cccc(-c2cn([C@@H]3C=C(Br)[C@@H](O)[C@@H](O)[C@@H]3O)nn2)c1. The van der Waals surface area contributed by atoms with Crippen molar-refractivity contribution in [1.82, 2.24) is 15.0 Å². The Labute approximate surface area is 141 Å². The summed E-state index contributed by atoms with van der Waals surface area (Å²) < 4.78 is 1.84. The van der Waals surface area contributed by atoms with Crippen LogP contribution in [0.2, 0.25) is 0 Å². The number of benzene rings is 1. The van der Waals surface area contributed by atoms with Crippen LogP contribution in [0.1, 0.15) is 11.6 Å². The van der Waals surface area contributed by atoms with E-state index in [0.29, 0.717) is 10.2 Å². The minimum Gasteiger partial charge on any atom is -0.388 e. The van der Waals surface area contributed by atoms with E-state index in [2.05, 4.69) is 32.2 Å². The molecule has 0 unspecified atom stereocenters. The van der Waals surface area contributed by atoms with Gasteiger partial charge in [0.25, 0.3) is 0 Å². The van der Waals surface area contributed by atoms with E-state index in [1.165, 1.54) is 4.68 Å². The van der Waals surface area contributed by atoms with Gasteiger partial charge in [-0.2, -0.15) is 0 Å². The van der Waals surface area contributed by atoms with Crippen LogP contribution in [0.15, 0.2) is 41.0 Å². The first-order chi connectivity index (χ1) is 11.0. The molecule has 0 saturated heterocycles. The summed E-state index contributed by atoms with van der Waals surface area (Å²) in [5.74, 6) is 2.56. The Hall–Kier alpha value is -1.98. The third-order valence-electron chi connectivity index (χ3n) is 3.78. The Balaban J connectivity index is 1.94. The largest absolute Gasteiger partial charge is 0.388 e. The number of rotatable bonds is 2. The third-order valence-corrected chi connectivity index (χ3v) is 4.51. The van der Waals surface area contributed by atoms with Gasteiger partial charge >= 0.3 is 0 Å². The molecule has 1 aromatic carbocycles. The second-order valence-corrected chi connectivity index (χ2v) is 6.19. The zero-order chi connectivity index (χ0) is 16.6. The topological polar surface area (TPSA) is 91.4 Å². The summed E-state index contributed by atoms with van der Waals surface area (Å²) in [5.41, 5.74) is 2.14. The van der Waals surface area contributed by atoms with Gasteiger partial charge in [0.15, 0.2) is 0 Å². The van der Waals surface area contributed by atoms with Crippen LogP contribution in [-0.2, 0) is 0 Å². The van der Waals surface area contributed by atoms with E-state index >= 15 is 0 Å². The fraction of sp³-hybridized carbons (Fsp3) is 0.250. The number of hydrogen-bond acceptors (Lipinski definition) is 5. The average Bonchev–Trinajstić information content (AvgIpc) is 3.06. The van der Waals surface area contributed by atoms with Crippen molar-refractivity contribution in [1.29, 1.82) is 0 Å². The fourth-order valence-electron chi connectivity index (χ4n) is 2.47. The van der Waals surface area contributed by atoms with E-state index in [1.807, 2.05) is 24.3 Å². The molecule has 0 saturated carbocycles. The van der Waals surface area contributed by atoms with E-state index in [0.717, 1.165) is 11.1 Å². The molecular formula is C16H14BrN3O3. The van der Waals surface area contributed by atoms with E-state index in [4.69, 9.17) is 6.42 Å². The van der Waals surface area contributed by atoms with Gasteiger partial charge in [-0.1, -0.05) is 39.2 Å². The monoisotopic (exact) mass is 375 g/mol. The van der Waals surface area contributed by atoms with Crippen molar-refractivity contribution in [3.8, 4) is 23.6 Å². The van der Waals surface area contributed by atoms with Gasteiger partial charge in [-0.05, 0) is 18.2 Å². The molecule has 1 aromatic heterocycles. The fourth-order valence-corrected chi connectivity index (χ4v) is 3.01. The van der Waals surface area contributed by atoms with E-state index in [9.17, 15) is 15.3 Å². The molecule has 118 valence electrons. The lowest BCUT2D eigenvalue weighted by molar-refractivity contribution is -0.0653. The van der Waals surface area contributed by atoms with Crippen molar-refractivity contribution >= 4 is 15.9 Å². The van der Waals surface area contributed by atoms with Crippen molar-refractivity contribution in [2.75, 3.05) is 0 Å². The number of terminal acetylenes is 1. The molecule has 23 heavy (non-hydrogen) atoms. The molecule has 3 rings (SSSR count). The molecular weight excluding hydrogens is 362 g/mol. The van der Waals surface area contributed by atoms with Crippen LogP contribution in [-0.4, -0.2) is 48.6 Å². The number of hydrogen-bond donors (Lipinski definition) is 3. The molecule has 0 radical (unpaired) electrons. The molecule has 0 spiro atoms. The second kappa shape index (κ2) is 6.26. The summed E-state index contributed by atoms with van der Waals surface area (Å²) in [4.78, 5) is 0. The predicted molar refractivity (Wildman–Crippen MR) is 87.5 cm³/mol. The maximum atomic E-state index is 10.2. The van der Waals surface area contributed by atoms with E-state index < -0.39 is 24.4 Å². The average molecular weight is 376 g/mol. The van der Waals surface area contributed by atoms with Crippen LogP contribution >= 0.6 is 15.9 Å². The quantitative estimate of drug-likeness (QED) is 0.676. The molecule has 0 bridgehead atoms. The molecule has 1 aliphatic carbocycles. The van der Waals surface area contributed by atoms with Crippen LogP contribution < -0.4 is 0 Å². The molecule has 2 aromatic rings. The number of aromatic nitrogens is 3. The smallest absolute Gasteiger partial charge is 0.114 e. The van der Waals surface area contributed by atoms with Crippen LogP contribution in [0.4, 0.5) is 0 Å². The first-order valence-electron chi connectivity index (χ1n) is 6.91. The van der Waals surface area contributed by atoms with Crippen molar-refractivity contribution < 1.29 is 15.3 Å². The Morgan fingerprint density at radius 2 is 2.00 bits per heavy atom.